The van der Waals surface area contributed by atoms with E-state index in [1.54, 1.807) is 24.3 Å². The highest BCUT2D eigenvalue weighted by Crippen LogP contribution is 2.32. The Morgan fingerprint density at radius 1 is 1.04 bits per heavy atom. The SMILES string of the molecule is COc1cc2c(Cc3ccc(S(N)(=O)=O)cc3)n[nH]c(=O)c2cc1OC. The van der Waals surface area contributed by atoms with E-state index in [2.05, 4.69) is 10.2 Å². The highest BCUT2D eigenvalue weighted by Gasteiger charge is 2.14. The van der Waals surface area contributed by atoms with E-state index in [9.17, 15) is 13.2 Å². The van der Waals surface area contributed by atoms with E-state index < -0.39 is 10.0 Å². The number of ether oxygens (including phenoxy) is 2. The molecule has 1 aromatic heterocycles. The van der Waals surface area contributed by atoms with E-state index in [-0.39, 0.29) is 10.5 Å². The molecule has 0 amide bonds. The zero-order chi connectivity index (χ0) is 18.9. The first-order valence-corrected chi connectivity index (χ1v) is 9.13. The highest BCUT2D eigenvalue weighted by atomic mass is 32.2. The number of fused-ring (bicyclic) bond motifs is 1. The first kappa shape index (κ1) is 17.9. The molecular formula is C17H17N3O5S. The van der Waals surface area contributed by atoms with Gasteiger partial charge in [0.05, 0.1) is 30.2 Å². The van der Waals surface area contributed by atoms with Crippen molar-refractivity contribution in [2.24, 2.45) is 5.14 Å². The molecule has 8 nitrogen and oxygen atoms in total. The molecule has 0 saturated carbocycles. The van der Waals surface area contributed by atoms with E-state index in [1.807, 2.05) is 0 Å². The molecule has 0 fully saturated rings. The summed E-state index contributed by atoms with van der Waals surface area (Å²) in [6.45, 7) is 0. The number of primary sulfonamides is 1. The molecule has 136 valence electrons. The number of nitrogens with two attached hydrogens (primary N) is 1. The first-order chi connectivity index (χ1) is 12.3. The Labute approximate surface area is 149 Å². The van der Waals surface area contributed by atoms with E-state index in [1.165, 1.54) is 26.4 Å². The Morgan fingerprint density at radius 3 is 2.15 bits per heavy atom. The van der Waals surface area contributed by atoms with Crippen molar-refractivity contribution in [1.82, 2.24) is 10.2 Å². The summed E-state index contributed by atoms with van der Waals surface area (Å²) >= 11 is 0. The van der Waals surface area contributed by atoms with Crippen LogP contribution in [0.1, 0.15) is 11.3 Å². The number of sulfonamides is 1. The molecule has 2 aromatic carbocycles. The number of nitrogens with zero attached hydrogens (tertiary/aromatic N) is 1. The van der Waals surface area contributed by atoms with E-state index >= 15 is 0 Å². The molecule has 0 aliphatic carbocycles. The first-order valence-electron chi connectivity index (χ1n) is 7.58. The lowest BCUT2D eigenvalue weighted by Gasteiger charge is -2.11. The summed E-state index contributed by atoms with van der Waals surface area (Å²) in [6.07, 6.45) is 0.383. The van der Waals surface area contributed by atoms with Gasteiger partial charge in [0.1, 0.15) is 0 Å². The van der Waals surface area contributed by atoms with Gasteiger partial charge in [-0.05, 0) is 29.8 Å². The predicted molar refractivity (Wildman–Crippen MR) is 96.1 cm³/mol. The quantitative estimate of drug-likeness (QED) is 0.690. The smallest absolute Gasteiger partial charge is 0.272 e. The second-order valence-corrected chi connectivity index (χ2v) is 7.18. The Morgan fingerprint density at radius 2 is 1.62 bits per heavy atom. The van der Waals surface area contributed by atoms with E-state index in [4.69, 9.17) is 14.6 Å². The Balaban J connectivity index is 2.08. The van der Waals surface area contributed by atoms with Crippen molar-refractivity contribution in [3.8, 4) is 11.5 Å². The van der Waals surface area contributed by atoms with Gasteiger partial charge < -0.3 is 9.47 Å². The average molecular weight is 375 g/mol. The van der Waals surface area contributed by atoms with Gasteiger partial charge in [-0.25, -0.2) is 18.7 Å². The Bertz CT molecular complexity index is 1120. The number of methoxy groups -OCH3 is 2. The lowest BCUT2D eigenvalue weighted by Crippen LogP contribution is -2.13. The molecule has 0 atom stereocenters. The zero-order valence-corrected chi connectivity index (χ0v) is 15.0. The van der Waals surface area contributed by atoms with Crippen molar-refractivity contribution in [3.63, 3.8) is 0 Å². The number of nitrogens with one attached hydrogen (secondary N) is 1. The number of aromatic nitrogens is 2. The number of H-pyrrole nitrogens is 1. The summed E-state index contributed by atoms with van der Waals surface area (Å²) in [4.78, 5) is 12.1. The van der Waals surface area contributed by atoms with Crippen molar-refractivity contribution in [3.05, 3.63) is 58.0 Å². The van der Waals surface area contributed by atoms with Crippen LogP contribution in [0, 0.1) is 0 Å². The normalized spacial score (nSPS) is 11.5. The fourth-order valence-corrected chi connectivity index (χ4v) is 3.18. The van der Waals surface area contributed by atoms with Crippen LogP contribution >= 0.6 is 0 Å². The number of aromatic amines is 1. The molecule has 0 bridgehead atoms. The third-order valence-electron chi connectivity index (χ3n) is 4.00. The molecular weight excluding hydrogens is 358 g/mol. The molecule has 0 spiro atoms. The summed E-state index contributed by atoms with van der Waals surface area (Å²) in [6, 6.07) is 9.47. The van der Waals surface area contributed by atoms with Crippen LogP contribution < -0.4 is 20.2 Å². The molecule has 0 unspecified atom stereocenters. The van der Waals surface area contributed by atoms with E-state index in [0.717, 1.165) is 5.56 Å². The second kappa shape index (κ2) is 6.77. The lowest BCUT2D eigenvalue weighted by atomic mass is 10.0. The summed E-state index contributed by atoms with van der Waals surface area (Å²) < 4.78 is 33.2. The highest BCUT2D eigenvalue weighted by molar-refractivity contribution is 7.89. The van der Waals surface area contributed by atoms with Gasteiger partial charge in [-0.2, -0.15) is 5.10 Å². The fourth-order valence-electron chi connectivity index (χ4n) is 2.67. The van der Waals surface area contributed by atoms with Crippen LogP contribution in [0.25, 0.3) is 10.8 Å². The van der Waals surface area contributed by atoms with Crippen molar-refractivity contribution < 1.29 is 17.9 Å². The second-order valence-electron chi connectivity index (χ2n) is 5.62. The van der Waals surface area contributed by atoms with Crippen molar-refractivity contribution in [1.29, 1.82) is 0 Å². The minimum atomic E-state index is -3.74. The summed E-state index contributed by atoms with van der Waals surface area (Å²) in [5, 5.41) is 12.8. The standard InChI is InChI=1S/C17H17N3O5S/c1-24-15-8-12-13(9-16(15)25-2)17(21)20-19-14(12)7-10-3-5-11(6-4-10)26(18,22)23/h3-6,8-9H,7H2,1-2H3,(H,20,21)(H2,18,22,23). The molecule has 9 heteroatoms. The van der Waals surface area contributed by atoms with Crippen LogP contribution in [0.15, 0.2) is 46.1 Å². The van der Waals surface area contributed by atoms with Crippen molar-refractivity contribution in [2.75, 3.05) is 14.2 Å². The molecule has 26 heavy (non-hydrogen) atoms. The molecule has 3 aromatic rings. The number of hydrogen-bond acceptors (Lipinski definition) is 6. The fraction of sp³-hybridized carbons (Fsp3) is 0.176. The number of rotatable bonds is 5. The van der Waals surface area contributed by atoms with Crippen LogP contribution in [0.2, 0.25) is 0 Å². The molecule has 0 aliphatic heterocycles. The average Bonchev–Trinajstić information content (AvgIpc) is 2.62. The van der Waals surface area contributed by atoms with Gasteiger partial charge in [-0.15, -0.1) is 0 Å². The van der Waals surface area contributed by atoms with Crippen LogP contribution in [0.4, 0.5) is 0 Å². The molecule has 3 rings (SSSR count). The summed E-state index contributed by atoms with van der Waals surface area (Å²) in [5.74, 6) is 0.929. The topological polar surface area (TPSA) is 124 Å². The van der Waals surface area contributed by atoms with E-state index in [0.29, 0.717) is 34.4 Å². The lowest BCUT2D eigenvalue weighted by molar-refractivity contribution is 0.356. The Kier molecular flexibility index (Phi) is 4.66. The van der Waals surface area contributed by atoms with Gasteiger partial charge in [0, 0.05) is 11.8 Å². The van der Waals surface area contributed by atoms with Crippen LogP contribution in [0.3, 0.4) is 0 Å². The Hall–Kier alpha value is -2.91. The largest absolute Gasteiger partial charge is 0.493 e. The molecule has 0 saturated heterocycles. The number of benzene rings is 2. The third kappa shape index (κ3) is 3.39. The molecule has 1 heterocycles. The molecule has 0 aliphatic rings. The zero-order valence-electron chi connectivity index (χ0n) is 14.1. The van der Waals surface area contributed by atoms with Gasteiger partial charge in [0.25, 0.3) is 5.56 Å². The maximum Gasteiger partial charge on any atom is 0.272 e. The van der Waals surface area contributed by atoms with Gasteiger partial charge in [-0.1, -0.05) is 12.1 Å². The monoisotopic (exact) mass is 375 g/mol. The van der Waals surface area contributed by atoms with Gasteiger partial charge in [0.15, 0.2) is 11.5 Å². The van der Waals surface area contributed by atoms with Crippen molar-refractivity contribution in [2.45, 2.75) is 11.3 Å². The van der Waals surface area contributed by atoms with Gasteiger partial charge >= 0.3 is 0 Å². The maximum atomic E-state index is 12.1. The van der Waals surface area contributed by atoms with Crippen LogP contribution in [0.5, 0.6) is 11.5 Å². The molecule has 0 radical (unpaired) electrons. The maximum absolute atomic E-state index is 12.1. The summed E-state index contributed by atoms with van der Waals surface area (Å²) in [5.41, 5.74) is 1.09. The molecule has 3 N–H and O–H groups in total. The van der Waals surface area contributed by atoms with Crippen molar-refractivity contribution >= 4 is 20.8 Å². The minimum absolute atomic E-state index is 0.0342. The minimum Gasteiger partial charge on any atom is -0.493 e. The summed E-state index contributed by atoms with van der Waals surface area (Å²) in [7, 11) is -0.740. The predicted octanol–water partition coefficient (Wildman–Crippen LogP) is 1.18. The van der Waals surface area contributed by atoms with Crippen LogP contribution in [-0.4, -0.2) is 32.8 Å². The van der Waals surface area contributed by atoms with Crippen LogP contribution in [-0.2, 0) is 16.4 Å². The number of hydrogen-bond donors (Lipinski definition) is 2. The van der Waals surface area contributed by atoms with Gasteiger partial charge in [0.2, 0.25) is 10.0 Å². The third-order valence-corrected chi connectivity index (χ3v) is 4.92. The van der Waals surface area contributed by atoms with Gasteiger partial charge in [-0.3, -0.25) is 4.79 Å².